The average molecular weight is 536 g/mol. The fraction of sp³-hybridized carbons (Fsp3) is 0.583. The van der Waals surface area contributed by atoms with E-state index in [2.05, 4.69) is 30.3 Å². The number of aryl methyl sites for hydroxylation is 1. The lowest BCUT2D eigenvalue weighted by Gasteiger charge is -2.17. The second-order valence-corrected chi connectivity index (χ2v) is 8.20. The smallest absolute Gasteiger partial charge is 0.191 e. The predicted octanol–water partition coefficient (Wildman–Crippen LogP) is 2.18. The summed E-state index contributed by atoms with van der Waals surface area (Å²) in [6.45, 7) is -5.91. The highest BCUT2D eigenvalue weighted by Gasteiger charge is 2.45. The molecule has 6 atom stereocenters. The number of benzene rings is 1. The predicted molar refractivity (Wildman–Crippen MR) is 133 cm³/mol. The van der Waals surface area contributed by atoms with Gasteiger partial charge in [0, 0.05) is 35.0 Å². The number of nitrogens with one attached hydrogen (secondary N) is 1. The zero-order chi connectivity index (χ0) is 40.8. The van der Waals surface area contributed by atoms with Gasteiger partial charge in [-0.2, -0.15) is 0 Å². The van der Waals surface area contributed by atoms with Gasteiger partial charge in [0.05, 0.1) is 37.6 Å². The summed E-state index contributed by atoms with van der Waals surface area (Å²) < 4.78 is 159. The van der Waals surface area contributed by atoms with Crippen LogP contribution in [-0.4, -0.2) is 83.4 Å². The summed E-state index contributed by atoms with van der Waals surface area (Å²) in [6.07, 6.45) is -22.6. The fourth-order valence-electron chi connectivity index (χ4n) is 3.31. The fourth-order valence-corrected chi connectivity index (χ4v) is 3.77. The highest BCUT2D eigenvalue weighted by atomic mass is 32.2. The van der Waals surface area contributed by atoms with Crippen molar-refractivity contribution in [1.82, 2.24) is 25.0 Å². The first-order valence-electron chi connectivity index (χ1n) is 18.7. The zero-order valence-electron chi connectivity index (χ0n) is 35.6. The number of anilines is 1. The Bertz CT molecular complexity index is 1980. The van der Waals surface area contributed by atoms with Crippen LogP contribution in [0.3, 0.4) is 0 Å². The number of thioether (sulfide) groups is 1. The lowest BCUT2D eigenvalue weighted by atomic mass is 10.1. The van der Waals surface area contributed by atoms with E-state index in [9.17, 15) is 19.7 Å². The van der Waals surface area contributed by atoms with Crippen molar-refractivity contribution < 1.29 is 47.7 Å². The number of rotatable bonds is 10. The van der Waals surface area contributed by atoms with Gasteiger partial charge in [-0.25, -0.2) is 19.0 Å². The summed E-state index contributed by atoms with van der Waals surface area (Å²) in [4.78, 5) is 7.99. The van der Waals surface area contributed by atoms with E-state index in [-0.39, 0.29) is 27.6 Å². The molecule has 0 spiro atoms. The first-order valence-corrected chi connectivity index (χ1v) is 11.1. The number of ether oxygens (including phenoxy) is 1. The van der Waals surface area contributed by atoms with Crippen molar-refractivity contribution in [3.63, 3.8) is 0 Å². The molecule has 2 fully saturated rings. The van der Waals surface area contributed by atoms with Gasteiger partial charge in [0.1, 0.15) is 18.0 Å². The highest BCUT2D eigenvalue weighted by molar-refractivity contribution is 7.99. The molecule has 4 N–H and O–H groups in total. The molecular formula is C24H31FN6O4S. The third-order valence-corrected chi connectivity index (χ3v) is 5.79. The molecule has 0 radical (unpaired) electrons. The molecule has 3 aromatic rings. The third kappa shape index (κ3) is 4.92. The second kappa shape index (κ2) is 10.5. The van der Waals surface area contributed by atoms with Crippen molar-refractivity contribution in [1.29, 1.82) is 0 Å². The van der Waals surface area contributed by atoms with Crippen molar-refractivity contribution in [3.8, 4) is 0 Å². The van der Waals surface area contributed by atoms with Gasteiger partial charge in [0.15, 0.2) is 22.1 Å². The van der Waals surface area contributed by atoms with Crippen molar-refractivity contribution in [2.24, 2.45) is 0 Å². The van der Waals surface area contributed by atoms with E-state index in [1.807, 2.05) is 0 Å². The molecule has 0 bridgehead atoms. The minimum atomic E-state index is -4.45. The van der Waals surface area contributed by atoms with E-state index in [0.29, 0.717) is 0 Å². The molecule has 2 saturated carbocycles. The summed E-state index contributed by atoms with van der Waals surface area (Å²) in [5.74, 6) is -2.83. The Morgan fingerprint density at radius 2 is 2.17 bits per heavy atom. The second-order valence-electron chi connectivity index (χ2n) is 7.42. The van der Waals surface area contributed by atoms with Crippen molar-refractivity contribution >= 4 is 28.7 Å². The standard InChI is InChI=1S/C24H31FN6O4S/c1-3-8-36-24-27-22(26-16-10-14(16)13-5-4-12(2)15(25)9-13)19-23(28-24)31(30-29-19)17-11-18(35-7-6-32)21(34)20(17)33/h4-5,9,14,16-18,20-21,32-34H,3,6-8,10-11H2,1-2H3,(H,26,27,28)/t14-,16+,17+,18-,20-,21+/m0/s1/i3D2,6D2,7D2,8D2,10D2,11D2,16D,17D,18D,20D,21D. The van der Waals surface area contributed by atoms with Crippen molar-refractivity contribution in [3.05, 3.63) is 35.1 Å². The molecule has 2 aromatic heterocycles. The largest absolute Gasteiger partial charge is 0.394 e. The minimum Gasteiger partial charge on any atom is -0.394 e. The van der Waals surface area contributed by atoms with Crippen LogP contribution in [0, 0.1) is 12.7 Å². The number of fused-ring (bicyclic) bond motifs is 1. The van der Waals surface area contributed by atoms with Crippen LogP contribution in [0.5, 0.6) is 0 Å². The van der Waals surface area contributed by atoms with Crippen molar-refractivity contribution in [2.75, 3.05) is 24.1 Å². The van der Waals surface area contributed by atoms with Crippen LogP contribution in [0.2, 0.25) is 0 Å². The van der Waals surface area contributed by atoms with Gasteiger partial charge >= 0.3 is 0 Å². The van der Waals surface area contributed by atoms with Crippen LogP contribution >= 0.6 is 11.8 Å². The van der Waals surface area contributed by atoms with E-state index in [1.165, 1.54) is 19.1 Å². The zero-order valence-corrected chi connectivity index (χ0v) is 19.4. The van der Waals surface area contributed by atoms with Gasteiger partial charge in [0.2, 0.25) is 0 Å². The van der Waals surface area contributed by atoms with Crippen LogP contribution in [0.1, 0.15) is 72.4 Å². The van der Waals surface area contributed by atoms with Crippen LogP contribution < -0.4 is 5.32 Å². The molecule has 194 valence electrons. The Balaban J connectivity index is 1.75. The van der Waals surface area contributed by atoms with Crippen LogP contribution in [0.15, 0.2) is 23.4 Å². The SMILES string of the molecule is [2H]C([2H])(C)C([2H])([2H])Sc1nc(N[C@@]2([2H])[C@H](c3ccc(C)c(F)c3)C2([2H])[2H])c2nnn([C@]3([2H])C([2H])([2H])[C@]([2H])(OC([2H])([2H])C([2H])([2H])O)[C@@]([2H])(O)[C@@]3([2H])O)c2n1. The third-order valence-electron chi connectivity index (χ3n) is 5.12. The lowest BCUT2D eigenvalue weighted by molar-refractivity contribution is -0.0629. The molecule has 12 heteroatoms. The molecule has 0 unspecified atom stereocenters. The van der Waals surface area contributed by atoms with Gasteiger partial charge < -0.3 is 25.4 Å². The summed E-state index contributed by atoms with van der Waals surface area (Å²) in [7, 11) is 0. The van der Waals surface area contributed by atoms with Crippen LogP contribution in [0.25, 0.3) is 11.2 Å². The molecule has 10 nitrogen and oxygen atoms in total. The Morgan fingerprint density at radius 1 is 1.33 bits per heavy atom. The van der Waals surface area contributed by atoms with Crippen LogP contribution in [-0.2, 0) is 4.74 Å². The molecule has 0 aliphatic heterocycles. The molecule has 1 aromatic carbocycles. The van der Waals surface area contributed by atoms with E-state index in [0.717, 1.165) is 13.0 Å². The summed E-state index contributed by atoms with van der Waals surface area (Å²) >= 11 is -0.0165. The number of nitrogens with zero attached hydrogens (tertiary/aromatic N) is 5. The number of hydrogen-bond donors (Lipinski definition) is 4. The molecular weight excluding hydrogens is 487 g/mol. The summed E-state index contributed by atoms with van der Waals surface area (Å²) in [5, 5.41) is 40.9. The molecule has 0 amide bonds. The van der Waals surface area contributed by atoms with Crippen LogP contribution in [0.4, 0.5) is 10.2 Å². The van der Waals surface area contributed by atoms with Crippen molar-refractivity contribution in [2.45, 2.75) is 74.3 Å². The average Bonchev–Trinajstić information content (AvgIpc) is 3.21. The van der Waals surface area contributed by atoms with E-state index < -0.39 is 102 Å². The molecule has 2 aliphatic rings. The van der Waals surface area contributed by atoms with Gasteiger partial charge in [0.25, 0.3) is 0 Å². The first kappa shape index (κ1) is 12.0. The van der Waals surface area contributed by atoms with Gasteiger partial charge in [-0.05, 0) is 36.9 Å². The van der Waals surface area contributed by atoms with E-state index >= 15 is 0 Å². The number of aliphatic hydroxyl groups is 3. The van der Waals surface area contributed by atoms with E-state index in [4.69, 9.17) is 23.3 Å². The summed E-state index contributed by atoms with van der Waals surface area (Å²) in [6, 6.07) is -2.79. The van der Waals surface area contributed by atoms with Gasteiger partial charge in [-0.1, -0.05) is 36.0 Å². The molecule has 0 saturated heterocycles. The highest BCUT2D eigenvalue weighted by Crippen LogP contribution is 2.44. The lowest BCUT2D eigenvalue weighted by Crippen LogP contribution is -2.33. The monoisotopic (exact) mass is 535 g/mol. The number of aromatic nitrogens is 5. The molecule has 5 rings (SSSR count). The minimum absolute atomic E-state index is 0.0165. The maximum atomic E-state index is 14.5. The molecule has 36 heavy (non-hydrogen) atoms. The Kier molecular flexibility index (Phi) is 3.51. The Morgan fingerprint density at radius 3 is 2.92 bits per heavy atom. The Labute approximate surface area is 236 Å². The quantitative estimate of drug-likeness (QED) is 0.226. The molecule has 2 aliphatic carbocycles. The van der Waals surface area contributed by atoms with Gasteiger partial charge in [-0.15, -0.1) is 5.10 Å². The topological polar surface area (TPSA) is 138 Å². The number of hydrogen-bond acceptors (Lipinski definition) is 10. The van der Waals surface area contributed by atoms with E-state index in [1.54, 1.807) is 0 Å². The maximum Gasteiger partial charge on any atom is 0.191 e. The Hall–Kier alpha value is -2.38. The first-order chi connectivity index (χ1) is 23.5. The maximum absolute atomic E-state index is 14.5. The van der Waals surface area contributed by atoms with Gasteiger partial charge in [-0.3, -0.25) is 0 Å². The normalized spacial score (nSPS) is 49.2. The summed E-state index contributed by atoms with van der Waals surface area (Å²) in [5.41, 5.74) is -4.36. The number of halogens is 1. The molecule has 2 heterocycles.